The second-order valence-electron chi connectivity index (χ2n) is 4.11. The third-order valence-electron chi connectivity index (χ3n) is 2.63. The number of nitrogens with two attached hydrogens (primary N) is 1. The van der Waals surface area contributed by atoms with E-state index in [0.29, 0.717) is 6.54 Å². The zero-order valence-electron chi connectivity index (χ0n) is 10.5. The van der Waals surface area contributed by atoms with E-state index in [1.54, 1.807) is 4.68 Å². The van der Waals surface area contributed by atoms with Crippen molar-refractivity contribution in [1.29, 1.82) is 0 Å². The molecule has 19 heavy (non-hydrogen) atoms. The summed E-state index contributed by atoms with van der Waals surface area (Å²) in [4.78, 5) is 0.828. The van der Waals surface area contributed by atoms with Crippen molar-refractivity contribution in [1.82, 2.24) is 9.78 Å². The molecule has 0 aliphatic heterocycles. The van der Waals surface area contributed by atoms with Crippen molar-refractivity contribution >= 4 is 11.8 Å². The number of hydrogen-bond donors (Lipinski definition) is 1. The Morgan fingerprint density at radius 3 is 2.58 bits per heavy atom. The van der Waals surface area contributed by atoms with Crippen molar-refractivity contribution in [3.8, 4) is 11.3 Å². The molecule has 2 N–H and O–H groups in total. The molecule has 0 unspecified atom stereocenters. The molecule has 0 radical (unpaired) electrons. The van der Waals surface area contributed by atoms with Crippen LogP contribution in [0.15, 0.2) is 35.4 Å². The topological polar surface area (TPSA) is 43.8 Å². The Labute approximate surface area is 114 Å². The molecule has 1 aromatic carbocycles. The molecule has 0 amide bonds. The normalized spacial score (nSPS) is 11.2. The monoisotopic (exact) mass is 283 g/mol. The van der Waals surface area contributed by atoms with Gasteiger partial charge >= 0.3 is 0 Å². The van der Waals surface area contributed by atoms with Crippen molar-refractivity contribution in [2.75, 3.05) is 5.75 Å². The summed E-state index contributed by atoms with van der Waals surface area (Å²) < 4.78 is 26.0. The van der Waals surface area contributed by atoms with Crippen LogP contribution in [0, 0.1) is 0 Å². The SMILES string of the molecule is Cn1cc(CN)c(-c2ccc(SCC(F)F)cc2)n1. The first-order valence-corrected chi connectivity index (χ1v) is 6.82. The van der Waals surface area contributed by atoms with Crippen LogP contribution in [0.1, 0.15) is 5.56 Å². The molecular weight excluding hydrogens is 268 g/mol. The Hall–Kier alpha value is -1.40. The summed E-state index contributed by atoms with van der Waals surface area (Å²) in [6.07, 6.45) is -0.404. The zero-order chi connectivity index (χ0) is 13.8. The van der Waals surface area contributed by atoms with Gasteiger partial charge < -0.3 is 5.73 Å². The number of nitrogens with zero attached hydrogens (tertiary/aromatic N) is 2. The lowest BCUT2D eigenvalue weighted by atomic mass is 10.1. The van der Waals surface area contributed by atoms with Gasteiger partial charge in [-0.25, -0.2) is 8.78 Å². The predicted molar refractivity (Wildman–Crippen MR) is 73.3 cm³/mol. The second-order valence-corrected chi connectivity index (χ2v) is 5.20. The molecule has 1 aromatic heterocycles. The van der Waals surface area contributed by atoms with Crippen molar-refractivity contribution in [2.24, 2.45) is 12.8 Å². The van der Waals surface area contributed by atoms with Gasteiger partial charge in [0.05, 0.1) is 11.4 Å². The van der Waals surface area contributed by atoms with E-state index in [0.717, 1.165) is 33.5 Å². The van der Waals surface area contributed by atoms with Gasteiger partial charge in [0, 0.05) is 35.8 Å². The van der Waals surface area contributed by atoms with E-state index in [2.05, 4.69) is 5.10 Å². The highest BCUT2D eigenvalue weighted by atomic mass is 32.2. The first-order valence-electron chi connectivity index (χ1n) is 5.84. The van der Waals surface area contributed by atoms with Crippen molar-refractivity contribution in [3.05, 3.63) is 36.0 Å². The van der Waals surface area contributed by atoms with Crippen LogP contribution in [0.2, 0.25) is 0 Å². The van der Waals surface area contributed by atoms with Gasteiger partial charge in [0.2, 0.25) is 6.43 Å². The average Bonchev–Trinajstić information content (AvgIpc) is 2.78. The molecule has 0 aliphatic rings. The smallest absolute Gasteiger partial charge is 0.247 e. The average molecular weight is 283 g/mol. The van der Waals surface area contributed by atoms with Crippen LogP contribution in [0.25, 0.3) is 11.3 Å². The van der Waals surface area contributed by atoms with Gasteiger partial charge in [-0.1, -0.05) is 12.1 Å². The van der Waals surface area contributed by atoms with Crippen LogP contribution < -0.4 is 5.73 Å². The maximum atomic E-state index is 12.1. The molecule has 0 aliphatic carbocycles. The summed E-state index contributed by atoms with van der Waals surface area (Å²) in [7, 11) is 1.84. The molecule has 0 fully saturated rings. The molecule has 2 rings (SSSR count). The molecule has 0 atom stereocenters. The van der Waals surface area contributed by atoms with E-state index in [1.807, 2.05) is 37.5 Å². The van der Waals surface area contributed by atoms with Crippen LogP contribution in [0.4, 0.5) is 8.78 Å². The highest BCUT2D eigenvalue weighted by Gasteiger charge is 2.09. The molecule has 3 nitrogen and oxygen atoms in total. The molecule has 6 heteroatoms. The van der Waals surface area contributed by atoms with Gasteiger partial charge in [0.1, 0.15) is 0 Å². The van der Waals surface area contributed by atoms with Gasteiger partial charge in [-0.3, -0.25) is 4.68 Å². The lowest BCUT2D eigenvalue weighted by molar-refractivity contribution is 0.177. The number of halogens is 2. The van der Waals surface area contributed by atoms with Crippen LogP contribution >= 0.6 is 11.8 Å². The van der Waals surface area contributed by atoms with Gasteiger partial charge in [-0.05, 0) is 12.1 Å². The Morgan fingerprint density at radius 2 is 2.00 bits per heavy atom. The molecule has 1 heterocycles. The largest absolute Gasteiger partial charge is 0.326 e. The summed E-state index contributed by atoms with van der Waals surface area (Å²) in [5, 5.41) is 4.37. The molecular formula is C13H15F2N3S. The number of rotatable bonds is 5. The maximum absolute atomic E-state index is 12.1. The van der Waals surface area contributed by atoms with Gasteiger partial charge in [0.25, 0.3) is 0 Å². The number of alkyl halides is 2. The lowest BCUT2D eigenvalue weighted by Crippen LogP contribution is -1.96. The first kappa shape index (κ1) is 14.0. The minimum atomic E-state index is -2.29. The zero-order valence-corrected chi connectivity index (χ0v) is 11.3. The maximum Gasteiger partial charge on any atom is 0.247 e. The summed E-state index contributed by atoms with van der Waals surface area (Å²) in [6.45, 7) is 0.422. The fraction of sp³-hybridized carbons (Fsp3) is 0.308. The number of thioether (sulfide) groups is 1. The number of hydrogen-bond acceptors (Lipinski definition) is 3. The minimum Gasteiger partial charge on any atom is -0.326 e. The molecule has 0 bridgehead atoms. The van der Waals surface area contributed by atoms with Gasteiger partial charge in [0.15, 0.2) is 0 Å². The van der Waals surface area contributed by atoms with Crippen LogP contribution in [-0.4, -0.2) is 22.0 Å². The third-order valence-corrected chi connectivity index (χ3v) is 3.65. The Morgan fingerprint density at radius 1 is 1.32 bits per heavy atom. The molecule has 0 spiro atoms. The number of benzene rings is 1. The first-order chi connectivity index (χ1) is 9.10. The van der Waals surface area contributed by atoms with Gasteiger partial charge in [-0.15, -0.1) is 11.8 Å². The predicted octanol–water partition coefficient (Wildman–Crippen LogP) is 2.90. The Balaban J connectivity index is 2.17. The van der Waals surface area contributed by atoms with E-state index in [1.165, 1.54) is 0 Å². The molecule has 2 aromatic rings. The highest BCUT2D eigenvalue weighted by Crippen LogP contribution is 2.26. The minimum absolute atomic E-state index is 0.184. The Bertz CT molecular complexity index is 537. The Kier molecular flexibility index (Phi) is 4.55. The fourth-order valence-corrected chi connectivity index (χ4v) is 2.45. The van der Waals surface area contributed by atoms with Crippen LogP contribution in [0.5, 0.6) is 0 Å². The van der Waals surface area contributed by atoms with E-state index in [9.17, 15) is 8.78 Å². The third kappa shape index (κ3) is 3.54. The summed E-state index contributed by atoms with van der Waals surface area (Å²) in [5.74, 6) is -0.184. The molecule has 0 saturated carbocycles. The fourth-order valence-electron chi connectivity index (χ4n) is 1.80. The number of aryl methyl sites for hydroxylation is 1. The molecule has 0 saturated heterocycles. The molecule has 102 valence electrons. The van der Waals surface area contributed by atoms with E-state index >= 15 is 0 Å². The number of aromatic nitrogens is 2. The van der Waals surface area contributed by atoms with Crippen LogP contribution in [0.3, 0.4) is 0 Å². The van der Waals surface area contributed by atoms with E-state index in [4.69, 9.17) is 5.73 Å². The van der Waals surface area contributed by atoms with Gasteiger partial charge in [-0.2, -0.15) is 5.10 Å². The standard InChI is InChI=1S/C13H15F2N3S/c1-18-7-10(6-16)13(17-18)9-2-4-11(5-3-9)19-8-12(14)15/h2-5,7,12H,6,8,16H2,1H3. The second kappa shape index (κ2) is 6.16. The quantitative estimate of drug-likeness (QED) is 0.858. The summed E-state index contributed by atoms with van der Waals surface area (Å²) in [5.41, 5.74) is 8.43. The van der Waals surface area contributed by atoms with Crippen molar-refractivity contribution in [2.45, 2.75) is 17.9 Å². The van der Waals surface area contributed by atoms with E-state index < -0.39 is 6.43 Å². The van der Waals surface area contributed by atoms with Crippen molar-refractivity contribution < 1.29 is 8.78 Å². The van der Waals surface area contributed by atoms with E-state index in [-0.39, 0.29) is 5.75 Å². The van der Waals surface area contributed by atoms with Crippen LogP contribution in [-0.2, 0) is 13.6 Å². The summed E-state index contributed by atoms with van der Waals surface area (Å²) >= 11 is 1.15. The van der Waals surface area contributed by atoms with Crippen molar-refractivity contribution in [3.63, 3.8) is 0 Å². The summed E-state index contributed by atoms with van der Waals surface area (Å²) in [6, 6.07) is 7.43. The highest BCUT2D eigenvalue weighted by molar-refractivity contribution is 7.99. The lowest BCUT2D eigenvalue weighted by Gasteiger charge is -2.03.